The normalized spacial score (nSPS) is 21.3. The third-order valence-electron chi connectivity index (χ3n) is 8.46. The van der Waals surface area contributed by atoms with Crippen LogP contribution in [0.25, 0.3) is 10.8 Å². The lowest BCUT2D eigenvalue weighted by molar-refractivity contribution is -0.162. The van der Waals surface area contributed by atoms with E-state index in [1.165, 1.54) is 16.3 Å². The lowest BCUT2D eigenvalue weighted by Gasteiger charge is -2.45. The summed E-state index contributed by atoms with van der Waals surface area (Å²) >= 11 is 0. The van der Waals surface area contributed by atoms with Gasteiger partial charge in [-0.25, -0.2) is 4.79 Å². The van der Waals surface area contributed by atoms with Crippen LogP contribution in [0.4, 0.5) is 0 Å². The second kappa shape index (κ2) is 11.6. The van der Waals surface area contributed by atoms with Gasteiger partial charge in [-0.05, 0) is 59.1 Å². The molecule has 0 bridgehead atoms. The maximum Gasteiger partial charge on any atom is 0.336 e. The van der Waals surface area contributed by atoms with E-state index in [1.807, 2.05) is 25.1 Å². The number of esters is 1. The summed E-state index contributed by atoms with van der Waals surface area (Å²) in [6.07, 6.45) is 5.30. The van der Waals surface area contributed by atoms with E-state index in [0.29, 0.717) is 24.3 Å². The van der Waals surface area contributed by atoms with Crippen molar-refractivity contribution in [2.45, 2.75) is 76.9 Å². The molecule has 3 aromatic carbocycles. The van der Waals surface area contributed by atoms with E-state index in [2.05, 4.69) is 75.1 Å². The van der Waals surface area contributed by atoms with E-state index in [0.717, 1.165) is 19.3 Å². The van der Waals surface area contributed by atoms with Gasteiger partial charge in [0.2, 0.25) is 0 Å². The highest BCUT2D eigenvalue weighted by Crippen LogP contribution is 2.44. The molecule has 1 amide bonds. The summed E-state index contributed by atoms with van der Waals surface area (Å²) in [6.45, 7) is 12.7. The highest BCUT2D eigenvalue weighted by atomic mass is 16.5. The van der Waals surface area contributed by atoms with E-state index >= 15 is 0 Å². The molecule has 200 valence electrons. The molecule has 4 atom stereocenters. The van der Waals surface area contributed by atoms with Crippen LogP contribution in [0.15, 0.2) is 85.5 Å². The van der Waals surface area contributed by atoms with Crippen molar-refractivity contribution in [3.63, 3.8) is 0 Å². The molecule has 1 N–H and O–H groups in total. The summed E-state index contributed by atoms with van der Waals surface area (Å²) < 4.78 is 6.39. The third kappa shape index (κ3) is 5.70. The van der Waals surface area contributed by atoms with Gasteiger partial charge < -0.3 is 10.1 Å². The summed E-state index contributed by atoms with van der Waals surface area (Å²) in [6, 6.07) is 24.0. The highest BCUT2D eigenvalue weighted by molar-refractivity contribution is 5.99. The minimum Gasteiger partial charge on any atom is -0.460 e. The van der Waals surface area contributed by atoms with E-state index in [-0.39, 0.29) is 23.3 Å². The quantitative estimate of drug-likeness (QED) is 0.237. The van der Waals surface area contributed by atoms with Gasteiger partial charge in [0.05, 0.1) is 0 Å². The van der Waals surface area contributed by atoms with Gasteiger partial charge in [-0.2, -0.15) is 0 Å². The van der Waals surface area contributed by atoms with Gasteiger partial charge in [-0.3, -0.25) is 4.79 Å². The van der Waals surface area contributed by atoms with Gasteiger partial charge >= 0.3 is 5.97 Å². The number of hydrogen-bond acceptors (Lipinski definition) is 3. The average Bonchev–Trinajstić information content (AvgIpc) is 2.92. The molecule has 0 aliphatic heterocycles. The van der Waals surface area contributed by atoms with Crippen molar-refractivity contribution in [1.82, 2.24) is 5.32 Å². The molecular weight excluding hydrogens is 470 g/mol. The molecule has 0 saturated heterocycles. The Kier molecular flexibility index (Phi) is 8.40. The van der Waals surface area contributed by atoms with E-state index in [4.69, 9.17) is 4.74 Å². The fraction of sp³-hybridized carbons (Fsp3) is 0.412. The number of carbonyl (C=O) groups excluding carboxylic acids is 2. The molecule has 4 rings (SSSR count). The van der Waals surface area contributed by atoms with Crippen molar-refractivity contribution in [2.24, 2.45) is 11.8 Å². The molecule has 38 heavy (non-hydrogen) atoms. The first-order valence-electron chi connectivity index (χ1n) is 13.9. The Morgan fingerprint density at radius 1 is 1.00 bits per heavy atom. The number of fused-ring (bicyclic) bond motifs is 1. The maximum absolute atomic E-state index is 13.9. The summed E-state index contributed by atoms with van der Waals surface area (Å²) in [5.41, 5.74) is 0.270. The van der Waals surface area contributed by atoms with Crippen molar-refractivity contribution >= 4 is 22.6 Å². The Balaban J connectivity index is 1.61. The van der Waals surface area contributed by atoms with Crippen LogP contribution >= 0.6 is 0 Å². The Labute approximate surface area is 227 Å². The molecule has 0 heterocycles. The SMILES string of the molecule is C=C[C@@](CCC)(NC(=O)c1ccccc1)C(=O)O[C@@H]1C[C@H](C)CC[C@H]1C(C)(C)c1ccc2ccccc2c1. The molecule has 0 spiro atoms. The fourth-order valence-electron chi connectivity index (χ4n) is 6.04. The molecule has 1 aliphatic carbocycles. The van der Waals surface area contributed by atoms with Crippen molar-refractivity contribution in [1.29, 1.82) is 0 Å². The van der Waals surface area contributed by atoms with Crippen molar-refractivity contribution in [2.75, 3.05) is 0 Å². The summed E-state index contributed by atoms with van der Waals surface area (Å²) in [7, 11) is 0. The number of nitrogens with one attached hydrogen (secondary N) is 1. The zero-order valence-corrected chi connectivity index (χ0v) is 23.2. The molecule has 4 heteroatoms. The van der Waals surface area contributed by atoms with E-state index in [1.54, 1.807) is 18.2 Å². The van der Waals surface area contributed by atoms with E-state index < -0.39 is 11.5 Å². The summed E-state index contributed by atoms with van der Waals surface area (Å²) in [4.78, 5) is 27.0. The molecule has 0 radical (unpaired) electrons. The van der Waals surface area contributed by atoms with Crippen LogP contribution < -0.4 is 5.32 Å². The van der Waals surface area contributed by atoms with Gasteiger partial charge in [0.15, 0.2) is 5.54 Å². The molecule has 0 unspecified atom stereocenters. The minimum atomic E-state index is -1.28. The molecule has 1 fully saturated rings. The average molecular weight is 512 g/mol. The first-order valence-corrected chi connectivity index (χ1v) is 13.9. The fourth-order valence-corrected chi connectivity index (χ4v) is 6.04. The van der Waals surface area contributed by atoms with Crippen LogP contribution in [0.1, 0.15) is 75.7 Å². The second-order valence-electron chi connectivity index (χ2n) is 11.5. The van der Waals surface area contributed by atoms with Crippen LogP contribution in [-0.2, 0) is 14.9 Å². The smallest absolute Gasteiger partial charge is 0.336 e. The van der Waals surface area contributed by atoms with Crippen molar-refractivity contribution < 1.29 is 14.3 Å². The van der Waals surface area contributed by atoms with Gasteiger partial charge in [-0.15, -0.1) is 6.58 Å². The number of carbonyl (C=O) groups is 2. The number of amides is 1. The monoisotopic (exact) mass is 511 g/mol. The maximum atomic E-state index is 13.9. The number of ether oxygens (including phenoxy) is 1. The lowest BCUT2D eigenvalue weighted by atomic mass is 9.64. The van der Waals surface area contributed by atoms with E-state index in [9.17, 15) is 9.59 Å². The number of benzene rings is 3. The summed E-state index contributed by atoms with van der Waals surface area (Å²) in [5.74, 6) is -0.115. The van der Waals surface area contributed by atoms with Gasteiger partial charge in [-0.1, -0.05) is 107 Å². The minimum absolute atomic E-state index is 0.151. The van der Waals surface area contributed by atoms with Crippen LogP contribution in [0.2, 0.25) is 0 Å². The first-order chi connectivity index (χ1) is 18.2. The topological polar surface area (TPSA) is 55.4 Å². The Morgan fingerprint density at radius 3 is 2.37 bits per heavy atom. The Bertz CT molecular complexity index is 1280. The Morgan fingerprint density at radius 2 is 1.68 bits per heavy atom. The highest BCUT2D eigenvalue weighted by Gasteiger charge is 2.45. The van der Waals surface area contributed by atoms with Crippen LogP contribution in [0, 0.1) is 11.8 Å². The third-order valence-corrected chi connectivity index (χ3v) is 8.46. The standard InChI is InChI=1S/C34H41NO3/c1-6-21-34(7-2,35-31(36)26-14-9-8-10-15-26)32(37)38-30-22-24(3)17-20-29(30)33(4,5)28-19-18-25-13-11-12-16-27(25)23-28/h7-16,18-19,23-24,29-30H,2,6,17,20-22H2,1,3-5H3,(H,35,36)/t24-,29-,30-,34+/m1/s1. The largest absolute Gasteiger partial charge is 0.460 e. The molecule has 1 aliphatic rings. The number of rotatable bonds is 9. The lowest BCUT2D eigenvalue weighted by Crippen LogP contribution is -2.56. The number of hydrogen-bond donors (Lipinski definition) is 1. The first kappa shape index (κ1) is 27.6. The summed E-state index contributed by atoms with van der Waals surface area (Å²) in [5, 5.41) is 5.41. The molecule has 4 nitrogen and oxygen atoms in total. The van der Waals surface area contributed by atoms with Crippen LogP contribution in [0.3, 0.4) is 0 Å². The predicted octanol–water partition coefficient (Wildman–Crippen LogP) is 7.62. The zero-order chi connectivity index (χ0) is 27.3. The second-order valence-corrected chi connectivity index (χ2v) is 11.5. The molecule has 1 saturated carbocycles. The van der Waals surface area contributed by atoms with Crippen LogP contribution in [0.5, 0.6) is 0 Å². The van der Waals surface area contributed by atoms with Gasteiger partial charge in [0.25, 0.3) is 5.91 Å². The zero-order valence-electron chi connectivity index (χ0n) is 23.2. The van der Waals surface area contributed by atoms with Gasteiger partial charge in [0.1, 0.15) is 6.10 Å². The van der Waals surface area contributed by atoms with Crippen LogP contribution in [-0.4, -0.2) is 23.5 Å². The molecular formula is C34H41NO3. The predicted molar refractivity (Wildman–Crippen MR) is 155 cm³/mol. The van der Waals surface area contributed by atoms with Crippen molar-refractivity contribution in [3.05, 3.63) is 96.6 Å². The Hall–Kier alpha value is -3.40. The molecule has 3 aromatic rings. The molecule has 0 aromatic heterocycles. The van der Waals surface area contributed by atoms with Gasteiger partial charge in [0, 0.05) is 11.5 Å². The van der Waals surface area contributed by atoms with Crippen molar-refractivity contribution in [3.8, 4) is 0 Å².